The van der Waals surface area contributed by atoms with Gasteiger partial charge in [-0.15, -0.1) is 11.3 Å². The van der Waals surface area contributed by atoms with Gasteiger partial charge in [0.1, 0.15) is 17.4 Å². The average Bonchev–Trinajstić information content (AvgIpc) is 3.33. The van der Waals surface area contributed by atoms with Crippen LogP contribution in [-0.2, 0) is 19.7 Å². The monoisotopic (exact) mass is 482 g/mol. The number of benzene rings is 2. The predicted molar refractivity (Wildman–Crippen MR) is 139 cm³/mol. The number of aliphatic hydroxyl groups is 1. The summed E-state index contributed by atoms with van der Waals surface area (Å²) in [4.78, 5) is 16.1. The third-order valence-corrected chi connectivity index (χ3v) is 6.63. The summed E-state index contributed by atoms with van der Waals surface area (Å²) in [6, 6.07) is 28.0. The zero-order chi connectivity index (χ0) is 23.9. The van der Waals surface area contributed by atoms with Crippen molar-refractivity contribution in [2.75, 3.05) is 13.2 Å². The molecule has 176 valence electrons. The van der Waals surface area contributed by atoms with E-state index in [0.29, 0.717) is 26.2 Å². The van der Waals surface area contributed by atoms with Crippen molar-refractivity contribution in [1.82, 2.24) is 19.9 Å². The molecule has 0 saturated carbocycles. The van der Waals surface area contributed by atoms with Gasteiger partial charge in [-0.05, 0) is 48.5 Å². The molecule has 0 aliphatic carbocycles. The lowest BCUT2D eigenvalue weighted by Crippen LogP contribution is -2.27. The molecule has 5 aromatic rings. The third kappa shape index (κ3) is 5.89. The Hall–Kier alpha value is -3.65. The number of hydrogen-bond acceptors (Lipinski definition) is 7. The van der Waals surface area contributed by atoms with Crippen molar-refractivity contribution >= 4 is 21.6 Å². The summed E-state index contributed by atoms with van der Waals surface area (Å²) in [6.45, 7) is 2.26. The first-order chi connectivity index (χ1) is 17.3. The van der Waals surface area contributed by atoms with Crippen LogP contribution >= 0.6 is 11.3 Å². The van der Waals surface area contributed by atoms with Crippen LogP contribution in [0.25, 0.3) is 20.8 Å². The van der Waals surface area contributed by atoms with Crippen LogP contribution in [0.4, 0.5) is 0 Å². The summed E-state index contributed by atoms with van der Waals surface area (Å²) < 4.78 is 7.37. The molecular weight excluding hydrogens is 456 g/mol. The van der Waals surface area contributed by atoms with Crippen molar-refractivity contribution in [3.05, 3.63) is 108 Å². The Balaban J connectivity index is 1.29. The normalized spacial score (nSPS) is 11.3. The maximum Gasteiger partial charge on any atom is 0.130 e. The van der Waals surface area contributed by atoms with Gasteiger partial charge < -0.3 is 9.84 Å². The molecule has 0 aliphatic heterocycles. The number of hydrogen-bond donors (Lipinski definition) is 1. The zero-order valence-electron chi connectivity index (χ0n) is 19.2. The van der Waals surface area contributed by atoms with Gasteiger partial charge in [0.25, 0.3) is 0 Å². The zero-order valence-corrected chi connectivity index (χ0v) is 20.1. The number of thiazole rings is 1. The molecule has 0 spiro atoms. The Morgan fingerprint density at radius 1 is 0.771 bits per heavy atom. The summed E-state index contributed by atoms with van der Waals surface area (Å²) in [5.41, 5.74) is 4.72. The van der Waals surface area contributed by atoms with Crippen LogP contribution in [0.1, 0.15) is 17.1 Å². The fourth-order valence-corrected chi connectivity index (χ4v) is 4.91. The topological polar surface area (TPSA) is 71.4 Å². The van der Waals surface area contributed by atoms with E-state index in [-0.39, 0.29) is 6.61 Å². The fourth-order valence-electron chi connectivity index (χ4n) is 3.91. The molecule has 3 heterocycles. The van der Waals surface area contributed by atoms with Gasteiger partial charge in [0, 0.05) is 25.8 Å². The van der Waals surface area contributed by atoms with E-state index in [2.05, 4.69) is 16.0 Å². The highest BCUT2D eigenvalue weighted by molar-refractivity contribution is 7.21. The third-order valence-electron chi connectivity index (χ3n) is 5.56. The minimum atomic E-state index is 0.0815. The van der Waals surface area contributed by atoms with Crippen molar-refractivity contribution < 1.29 is 9.84 Å². The first-order valence-corrected chi connectivity index (χ1v) is 12.4. The molecule has 2 aromatic carbocycles. The number of nitrogens with zero attached hydrogens (tertiary/aromatic N) is 4. The molecule has 0 atom stereocenters. The largest absolute Gasteiger partial charge is 0.487 e. The van der Waals surface area contributed by atoms with E-state index in [4.69, 9.17) is 14.7 Å². The molecule has 7 heteroatoms. The molecule has 6 nitrogen and oxygen atoms in total. The van der Waals surface area contributed by atoms with E-state index in [0.717, 1.165) is 43.6 Å². The molecule has 5 rings (SSSR count). The van der Waals surface area contributed by atoms with Gasteiger partial charge in [-0.1, -0.05) is 36.4 Å². The van der Waals surface area contributed by atoms with Crippen molar-refractivity contribution in [2.45, 2.75) is 19.7 Å². The Kier molecular flexibility index (Phi) is 7.38. The summed E-state index contributed by atoms with van der Waals surface area (Å²) >= 11 is 1.66. The number of pyridine rings is 2. The van der Waals surface area contributed by atoms with E-state index in [9.17, 15) is 5.11 Å². The Bertz CT molecular complexity index is 1360. The minimum absolute atomic E-state index is 0.0815. The lowest BCUT2D eigenvalue weighted by Gasteiger charge is -2.20. The quantitative estimate of drug-likeness (QED) is 0.290. The molecular formula is C28H26N4O2S. The molecule has 0 bridgehead atoms. The molecule has 1 N–H and O–H groups in total. The van der Waals surface area contributed by atoms with Crippen LogP contribution in [0.2, 0.25) is 0 Å². The van der Waals surface area contributed by atoms with Crippen LogP contribution in [0.15, 0.2) is 91.1 Å². The summed E-state index contributed by atoms with van der Waals surface area (Å²) in [5, 5.41) is 10.5. The SMILES string of the molecule is OCCN(Cc1ccccn1)Cc1cccc(COc2ccccc2-c2nc3ccccc3s2)n1. The van der Waals surface area contributed by atoms with Crippen molar-refractivity contribution in [2.24, 2.45) is 0 Å². The van der Waals surface area contributed by atoms with E-state index in [1.807, 2.05) is 78.9 Å². The number of aliphatic hydroxyl groups excluding tert-OH is 1. The number of fused-ring (bicyclic) bond motifs is 1. The van der Waals surface area contributed by atoms with Crippen molar-refractivity contribution in [3.8, 4) is 16.3 Å². The van der Waals surface area contributed by atoms with Crippen LogP contribution in [0.3, 0.4) is 0 Å². The highest BCUT2D eigenvalue weighted by Gasteiger charge is 2.13. The molecule has 3 aromatic heterocycles. The number of para-hydroxylation sites is 2. The number of ether oxygens (including phenoxy) is 1. The molecule has 0 unspecified atom stereocenters. The van der Waals surface area contributed by atoms with Gasteiger partial charge in [0.2, 0.25) is 0 Å². The molecule has 0 saturated heterocycles. The Labute approximate surface area is 208 Å². The van der Waals surface area contributed by atoms with Gasteiger partial charge >= 0.3 is 0 Å². The van der Waals surface area contributed by atoms with Crippen LogP contribution in [0, 0.1) is 0 Å². The Morgan fingerprint density at radius 3 is 2.40 bits per heavy atom. The van der Waals surface area contributed by atoms with Gasteiger partial charge in [-0.25, -0.2) is 4.98 Å². The lowest BCUT2D eigenvalue weighted by molar-refractivity contribution is 0.181. The van der Waals surface area contributed by atoms with Gasteiger partial charge in [-0.2, -0.15) is 0 Å². The number of rotatable bonds is 10. The predicted octanol–water partition coefficient (Wildman–Crippen LogP) is 5.33. The molecule has 0 aliphatic rings. The minimum Gasteiger partial charge on any atom is -0.487 e. The van der Waals surface area contributed by atoms with Crippen molar-refractivity contribution in [1.29, 1.82) is 0 Å². The first kappa shape index (κ1) is 23.1. The second-order valence-corrected chi connectivity index (χ2v) is 9.18. The van der Waals surface area contributed by atoms with Crippen LogP contribution < -0.4 is 4.74 Å². The molecule has 0 radical (unpaired) electrons. The smallest absolute Gasteiger partial charge is 0.130 e. The highest BCUT2D eigenvalue weighted by Crippen LogP contribution is 2.35. The summed E-state index contributed by atoms with van der Waals surface area (Å²) in [7, 11) is 0. The van der Waals surface area contributed by atoms with E-state index >= 15 is 0 Å². The van der Waals surface area contributed by atoms with Gasteiger partial charge in [0.05, 0.1) is 39.5 Å². The van der Waals surface area contributed by atoms with E-state index < -0.39 is 0 Å². The molecule has 0 fully saturated rings. The molecule has 0 amide bonds. The Morgan fingerprint density at radius 2 is 1.54 bits per heavy atom. The van der Waals surface area contributed by atoms with Crippen molar-refractivity contribution in [3.63, 3.8) is 0 Å². The maximum atomic E-state index is 9.52. The van der Waals surface area contributed by atoms with Gasteiger partial charge in [0.15, 0.2) is 0 Å². The standard InChI is InChI=1S/C28H26N4O2S/c33-17-16-32(18-21-8-5-6-15-29-21)19-22-9-7-10-23(30-22)20-34-26-13-3-1-11-24(26)28-31-25-12-2-4-14-27(25)35-28/h1-15,33H,16-20H2. The lowest BCUT2D eigenvalue weighted by atomic mass is 10.2. The maximum absolute atomic E-state index is 9.52. The summed E-state index contributed by atoms with van der Waals surface area (Å²) in [6.07, 6.45) is 1.79. The average molecular weight is 483 g/mol. The highest BCUT2D eigenvalue weighted by atomic mass is 32.1. The van der Waals surface area contributed by atoms with E-state index in [1.165, 1.54) is 0 Å². The van der Waals surface area contributed by atoms with Crippen LogP contribution in [0.5, 0.6) is 5.75 Å². The first-order valence-electron chi connectivity index (χ1n) is 11.5. The van der Waals surface area contributed by atoms with E-state index in [1.54, 1.807) is 17.5 Å². The van der Waals surface area contributed by atoms with Crippen LogP contribution in [-0.4, -0.2) is 38.1 Å². The second-order valence-electron chi connectivity index (χ2n) is 8.15. The fraction of sp³-hybridized carbons (Fsp3) is 0.179. The second kappa shape index (κ2) is 11.2. The van der Waals surface area contributed by atoms with Gasteiger partial charge in [-0.3, -0.25) is 14.9 Å². The number of aromatic nitrogens is 3. The summed E-state index contributed by atoms with van der Waals surface area (Å²) in [5.74, 6) is 0.788. The molecule has 35 heavy (non-hydrogen) atoms.